The molecule has 0 radical (unpaired) electrons. The fraction of sp³-hybridized carbons (Fsp3) is 0.0952. The van der Waals surface area contributed by atoms with Gasteiger partial charge in [-0.2, -0.15) is 0 Å². The summed E-state index contributed by atoms with van der Waals surface area (Å²) >= 11 is 1.39. The van der Waals surface area contributed by atoms with E-state index in [1.54, 1.807) is 12.3 Å². The van der Waals surface area contributed by atoms with Crippen molar-refractivity contribution in [2.24, 2.45) is 0 Å². The zero-order valence-corrected chi connectivity index (χ0v) is 16.0. The summed E-state index contributed by atoms with van der Waals surface area (Å²) in [5, 5.41) is 9.06. The Morgan fingerprint density at radius 2 is 1.64 bits per heavy atom. The number of hydrogen-bond acceptors (Lipinski definition) is 7. The Hall–Kier alpha value is -3.45. The molecule has 0 unspecified atom stereocenters. The lowest BCUT2D eigenvalue weighted by molar-refractivity contribution is 0.0529. The molecule has 2 heterocycles. The van der Waals surface area contributed by atoms with E-state index in [0.29, 0.717) is 23.4 Å². The zero-order chi connectivity index (χ0) is 19.3. The Bertz CT molecular complexity index is 1090. The number of thiophene rings is 1. The average molecular weight is 390 g/mol. The number of nitrogens with one attached hydrogen (secondary N) is 2. The van der Waals surface area contributed by atoms with Crippen LogP contribution < -0.4 is 10.6 Å². The SMILES string of the molecule is CCOC(=O)c1csc2ncnc(Nc3ccc(Nc4ccccc4)cc3)c12. The van der Waals surface area contributed by atoms with Gasteiger partial charge in [0.05, 0.1) is 17.6 Å². The number of esters is 1. The minimum Gasteiger partial charge on any atom is -0.462 e. The van der Waals surface area contributed by atoms with Crippen LogP contribution in [0, 0.1) is 0 Å². The molecule has 0 fully saturated rings. The van der Waals surface area contributed by atoms with Gasteiger partial charge in [0.25, 0.3) is 0 Å². The van der Waals surface area contributed by atoms with Gasteiger partial charge in [0, 0.05) is 22.4 Å². The second-order valence-electron chi connectivity index (χ2n) is 5.97. The summed E-state index contributed by atoms with van der Waals surface area (Å²) in [6, 6.07) is 17.8. The van der Waals surface area contributed by atoms with Crippen LogP contribution in [-0.2, 0) is 4.74 Å². The molecule has 6 nitrogen and oxygen atoms in total. The molecule has 0 atom stereocenters. The van der Waals surface area contributed by atoms with Crippen molar-refractivity contribution in [2.45, 2.75) is 6.92 Å². The zero-order valence-electron chi connectivity index (χ0n) is 15.2. The molecule has 0 aliphatic heterocycles. The van der Waals surface area contributed by atoms with Gasteiger partial charge in [-0.3, -0.25) is 0 Å². The van der Waals surface area contributed by atoms with Gasteiger partial charge < -0.3 is 15.4 Å². The van der Waals surface area contributed by atoms with Gasteiger partial charge in [0.1, 0.15) is 17.0 Å². The van der Waals surface area contributed by atoms with Gasteiger partial charge in [0.2, 0.25) is 0 Å². The number of hydrogen-bond donors (Lipinski definition) is 2. The smallest absolute Gasteiger partial charge is 0.339 e. The van der Waals surface area contributed by atoms with Crippen LogP contribution in [0.5, 0.6) is 0 Å². The number of aromatic nitrogens is 2. The van der Waals surface area contributed by atoms with E-state index in [0.717, 1.165) is 21.9 Å². The molecular weight excluding hydrogens is 372 g/mol. The number of fused-ring (bicyclic) bond motifs is 1. The Kier molecular flexibility index (Phi) is 5.16. The molecule has 0 bridgehead atoms. The summed E-state index contributed by atoms with van der Waals surface area (Å²) < 4.78 is 5.15. The number of benzene rings is 2. The summed E-state index contributed by atoms with van der Waals surface area (Å²) in [7, 11) is 0. The predicted octanol–water partition coefficient (Wildman–Crippen LogP) is 5.36. The maximum Gasteiger partial charge on any atom is 0.339 e. The Morgan fingerprint density at radius 1 is 0.964 bits per heavy atom. The van der Waals surface area contributed by atoms with Gasteiger partial charge >= 0.3 is 5.97 Å². The van der Waals surface area contributed by atoms with Crippen LogP contribution in [0.1, 0.15) is 17.3 Å². The first-order chi connectivity index (χ1) is 13.7. The minimum absolute atomic E-state index is 0.322. The summed E-state index contributed by atoms with van der Waals surface area (Å²) in [6.07, 6.45) is 1.49. The van der Waals surface area contributed by atoms with Crippen LogP contribution in [0.2, 0.25) is 0 Å². The van der Waals surface area contributed by atoms with Crippen molar-refractivity contribution in [3.8, 4) is 0 Å². The van der Waals surface area contributed by atoms with Crippen LogP contribution in [0.25, 0.3) is 10.2 Å². The first kappa shape index (κ1) is 17.9. The second-order valence-corrected chi connectivity index (χ2v) is 6.82. The molecule has 0 aliphatic rings. The highest BCUT2D eigenvalue weighted by molar-refractivity contribution is 7.17. The standard InChI is InChI=1S/C21H18N4O2S/c1-2-27-21(26)17-12-28-20-18(17)19(22-13-23-20)25-16-10-8-15(9-11-16)24-14-6-4-3-5-7-14/h3-13,24H,2H2,1H3,(H,22,23,25). The second kappa shape index (κ2) is 8.06. The topological polar surface area (TPSA) is 76.1 Å². The van der Waals surface area contributed by atoms with Crippen LogP contribution in [0.4, 0.5) is 22.9 Å². The molecule has 4 rings (SSSR count). The largest absolute Gasteiger partial charge is 0.462 e. The number of rotatable bonds is 6. The highest BCUT2D eigenvalue weighted by atomic mass is 32.1. The van der Waals surface area contributed by atoms with Crippen molar-refractivity contribution in [3.63, 3.8) is 0 Å². The fourth-order valence-electron chi connectivity index (χ4n) is 2.79. The quantitative estimate of drug-likeness (QED) is 0.432. The molecule has 140 valence electrons. The molecular formula is C21H18N4O2S. The Morgan fingerprint density at radius 3 is 2.36 bits per heavy atom. The van der Waals surface area contributed by atoms with E-state index < -0.39 is 0 Å². The van der Waals surface area contributed by atoms with Crippen molar-refractivity contribution in [3.05, 3.63) is 71.9 Å². The highest BCUT2D eigenvalue weighted by Gasteiger charge is 2.18. The third-order valence-corrected chi connectivity index (χ3v) is 4.96. The number of carbonyl (C=O) groups is 1. The number of carbonyl (C=O) groups excluding carboxylic acids is 1. The number of anilines is 4. The summed E-state index contributed by atoms with van der Waals surface area (Å²) in [4.78, 5) is 21.6. The number of ether oxygens (including phenoxy) is 1. The molecule has 28 heavy (non-hydrogen) atoms. The van der Waals surface area contributed by atoms with E-state index >= 15 is 0 Å². The lowest BCUT2D eigenvalue weighted by Gasteiger charge is -2.10. The average Bonchev–Trinajstić information content (AvgIpc) is 3.16. The van der Waals surface area contributed by atoms with Gasteiger partial charge in [-0.15, -0.1) is 11.3 Å². The third-order valence-electron chi connectivity index (χ3n) is 4.08. The Labute approximate surface area is 166 Å². The molecule has 2 N–H and O–H groups in total. The van der Waals surface area contributed by atoms with E-state index in [1.807, 2.05) is 54.6 Å². The summed E-state index contributed by atoms with van der Waals surface area (Å²) in [5.41, 5.74) is 3.34. The maximum absolute atomic E-state index is 12.2. The molecule has 0 saturated carbocycles. The van der Waals surface area contributed by atoms with Crippen molar-refractivity contribution in [1.29, 1.82) is 0 Å². The summed E-state index contributed by atoms with van der Waals surface area (Å²) in [5.74, 6) is 0.215. The van der Waals surface area contributed by atoms with Crippen molar-refractivity contribution in [1.82, 2.24) is 9.97 Å². The molecule has 0 spiro atoms. The molecule has 0 aliphatic carbocycles. The predicted molar refractivity (Wildman–Crippen MR) is 113 cm³/mol. The first-order valence-corrected chi connectivity index (χ1v) is 9.71. The van der Waals surface area contributed by atoms with Crippen LogP contribution in [0.15, 0.2) is 66.3 Å². The third kappa shape index (κ3) is 3.79. The van der Waals surface area contributed by atoms with Gasteiger partial charge in [-0.05, 0) is 43.3 Å². The number of para-hydroxylation sites is 1. The Balaban J connectivity index is 1.58. The van der Waals surface area contributed by atoms with Crippen molar-refractivity contribution < 1.29 is 9.53 Å². The lowest BCUT2D eigenvalue weighted by Crippen LogP contribution is -2.05. The van der Waals surface area contributed by atoms with Crippen LogP contribution in [-0.4, -0.2) is 22.5 Å². The van der Waals surface area contributed by atoms with Gasteiger partial charge in [0.15, 0.2) is 0 Å². The molecule has 2 aromatic heterocycles. The molecule has 2 aromatic carbocycles. The van der Waals surface area contributed by atoms with E-state index in [2.05, 4.69) is 20.6 Å². The van der Waals surface area contributed by atoms with Crippen LogP contribution in [0.3, 0.4) is 0 Å². The van der Waals surface area contributed by atoms with E-state index in [4.69, 9.17) is 4.74 Å². The van der Waals surface area contributed by atoms with Gasteiger partial charge in [-0.1, -0.05) is 18.2 Å². The normalized spacial score (nSPS) is 10.6. The minimum atomic E-state index is -0.367. The molecule has 0 saturated heterocycles. The lowest BCUT2D eigenvalue weighted by atomic mass is 10.2. The maximum atomic E-state index is 12.2. The molecule has 0 amide bonds. The van der Waals surface area contributed by atoms with Gasteiger partial charge in [-0.25, -0.2) is 14.8 Å². The van der Waals surface area contributed by atoms with E-state index in [-0.39, 0.29) is 5.97 Å². The monoisotopic (exact) mass is 390 g/mol. The highest BCUT2D eigenvalue weighted by Crippen LogP contribution is 2.31. The van der Waals surface area contributed by atoms with Crippen molar-refractivity contribution in [2.75, 3.05) is 17.2 Å². The van der Waals surface area contributed by atoms with E-state index in [9.17, 15) is 4.79 Å². The fourth-order valence-corrected chi connectivity index (χ4v) is 3.67. The van der Waals surface area contributed by atoms with E-state index in [1.165, 1.54) is 17.7 Å². The van der Waals surface area contributed by atoms with Crippen molar-refractivity contribution >= 4 is 50.4 Å². The molecule has 4 aromatic rings. The van der Waals surface area contributed by atoms with Crippen LogP contribution >= 0.6 is 11.3 Å². The molecule has 7 heteroatoms. The first-order valence-electron chi connectivity index (χ1n) is 8.83. The summed E-state index contributed by atoms with van der Waals surface area (Å²) in [6.45, 7) is 2.11. The number of nitrogens with zero attached hydrogens (tertiary/aromatic N) is 2.